The molecule has 0 saturated heterocycles. The molecule has 8 heteroatoms. The highest BCUT2D eigenvalue weighted by atomic mass is 32.2. The van der Waals surface area contributed by atoms with Crippen molar-refractivity contribution in [2.75, 3.05) is 5.32 Å². The molecular formula is C23H25N3O4S. The quantitative estimate of drug-likeness (QED) is 0.536. The normalized spacial score (nSPS) is 14.7. The number of hydrogen-bond acceptors (Lipinski definition) is 5. The number of fused-ring (bicyclic) bond motifs is 2. The van der Waals surface area contributed by atoms with E-state index in [9.17, 15) is 18.3 Å². The maximum Gasteiger partial charge on any atom is 0.286 e. The highest BCUT2D eigenvalue weighted by Crippen LogP contribution is 2.32. The topological polar surface area (TPSA) is 101 Å². The van der Waals surface area contributed by atoms with Gasteiger partial charge in [0.1, 0.15) is 16.2 Å². The number of sulfonamides is 1. The summed E-state index contributed by atoms with van der Waals surface area (Å²) in [5, 5.41) is 14.3. The number of hydrogen-bond donors (Lipinski definition) is 2. The summed E-state index contributed by atoms with van der Waals surface area (Å²) in [6, 6.07) is 13.4. The van der Waals surface area contributed by atoms with Gasteiger partial charge in [-0.3, -0.25) is 4.79 Å². The summed E-state index contributed by atoms with van der Waals surface area (Å²) in [6.45, 7) is 2.63. The Morgan fingerprint density at radius 3 is 2.52 bits per heavy atom. The van der Waals surface area contributed by atoms with E-state index in [-0.39, 0.29) is 22.0 Å². The summed E-state index contributed by atoms with van der Waals surface area (Å²) in [7, 11) is -4.00. The molecular weight excluding hydrogens is 414 g/mol. The van der Waals surface area contributed by atoms with Crippen molar-refractivity contribution in [3.05, 3.63) is 64.4 Å². The number of nitrogens with zero attached hydrogens (tertiary/aromatic N) is 2. The minimum absolute atomic E-state index is 0.0373. The molecule has 162 valence electrons. The molecule has 4 rings (SSSR count). The molecule has 2 heterocycles. The number of aromatic hydroxyl groups is 1. The van der Waals surface area contributed by atoms with Gasteiger partial charge in [0.25, 0.3) is 15.6 Å². The Labute approximate surface area is 181 Å². The minimum atomic E-state index is -4.00. The predicted octanol–water partition coefficient (Wildman–Crippen LogP) is 4.24. The van der Waals surface area contributed by atoms with Crippen LogP contribution in [0.4, 0.5) is 5.69 Å². The van der Waals surface area contributed by atoms with E-state index in [2.05, 4.69) is 16.6 Å². The second-order valence-corrected chi connectivity index (χ2v) is 9.22. The van der Waals surface area contributed by atoms with Gasteiger partial charge in [0.2, 0.25) is 0 Å². The van der Waals surface area contributed by atoms with Gasteiger partial charge in [0.05, 0.1) is 11.2 Å². The van der Waals surface area contributed by atoms with Gasteiger partial charge in [-0.15, -0.1) is 4.40 Å². The van der Waals surface area contributed by atoms with Gasteiger partial charge in [0.15, 0.2) is 5.84 Å². The number of amidine groups is 1. The molecule has 3 aromatic rings. The van der Waals surface area contributed by atoms with E-state index in [0.29, 0.717) is 23.1 Å². The molecule has 0 fully saturated rings. The molecule has 1 aliphatic rings. The first-order valence-corrected chi connectivity index (χ1v) is 11.9. The fourth-order valence-electron chi connectivity index (χ4n) is 3.92. The Morgan fingerprint density at radius 1 is 1.00 bits per heavy atom. The van der Waals surface area contributed by atoms with Crippen LogP contribution in [0.2, 0.25) is 0 Å². The van der Waals surface area contributed by atoms with E-state index < -0.39 is 15.6 Å². The van der Waals surface area contributed by atoms with Crippen LogP contribution in [0.25, 0.3) is 10.9 Å². The molecule has 0 amide bonds. The van der Waals surface area contributed by atoms with E-state index in [4.69, 9.17) is 0 Å². The zero-order chi connectivity index (χ0) is 22.0. The fraction of sp³-hybridized carbons (Fsp3) is 0.304. The van der Waals surface area contributed by atoms with Crippen molar-refractivity contribution in [1.29, 1.82) is 0 Å². The highest BCUT2D eigenvalue weighted by molar-refractivity contribution is 7.90. The zero-order valence-corrected chi connectivity index (χ0v) is 18.2. The summed E-state index contributed by atoms with van der Waals surface area (Å²) >= 11 is 0. The van der Waals surface area contributed by atoms with E-state index in [1.807, 2.05) is 6.07 Å². The second kappa shape index (κ2) is 8.55. The molecule has 31 heavy (non-hydrogen) atoms. The number of aromatic nitrogens is 1. The number of anilines is 1. The van der Waals surface area contributed by atoms with Gasteiger partial charge < -0.3 is 15.0 Å². The number of pyridine rings is 1. The second-order valence-electron chi connectivity index (χ2n) is 7.65. The molecule has 0 spiro atoms. The third-order valence-corrected chi connectivity index (χ3v) is 6.83. The van der Waals surface area contributed by atoms with Crippen molar-refractivity contribution in [3.63, 3.8) is 0 Å². The lowest BCUT2D eigenvalue weighted by atomic mass is 10.1. The Hall–Kier alpha value is -3.13. The van der Waals surface area contributed by atoms with Crippen LogP contribution in [0.5, 0.6) is 5.75 Å². The molecule has 0 unspecified atom stereocenters. The molecule has 2 aromatic carbocycles. The van der Waals surface area contributed by atoms with E-state index in [1.165, 1.54) is 6.07 Å². The molecule has 0 atom stereocenters. The zero-order valence-electron chi connectivity index (χ0n) is 17.3. The summed E-state index contributed by atoms with van der Waals surface area (Å²) in [4.78, 5) is 13.5. The Morgan fingerprint density at radius 2 is 1.71 bits per heavy atom. The van der Waals surface area contributed by atoms with Gasteiger partial charge in [-0.1, -0.05) is 56.9 Å². The number of benzene rings is 2. The van der Waals surface area contributed by atoms with Crippen molar-refractivity contribution < 1.29 is 13.5 Å². The van der Waals surface area contributed by atoms with Gasteiger partial charge in [0, 0.05) is 11.9 Å². The monoisotopic (exact) mass is 439 g/mol. The average Bonchev–Trinajstić information content (AvgIpc) is 2.75. The Balaban J connectivity index is 1.84. The maximum atomic E-state index is 13.4. The van der Waals surface area contributed by atoms with Crippen molar-refractivity contribution >= 4 is 32.4 Å². The van der Waals surface area contributed by atoms with Crippen LogP contribution >= 0.6 is 0 Å². The summed E-state index contributed by atoms with van der Waals surface area (Å²) < 4.78 is 30.8. The Bertz CT molecular complexity index is 1330. The number of rotatable bonds is 7. The van der Waals surface area contributed by atoms with Gasteiger partial charge in [-0.2, -0.15) is 8.42 Å². The Kier molecular flexibility index (Phi) is 5.82. The molecule has 1 aromatic heterocycles. The van der Waals surface area contributed by atoms with Crippen LogP contribution < -0.4 is 10.9 Å². The van der Waals surface area contributed by atoms with Crippen LogP contribution in [-0.4, -0.2) is 23.9 Å². The van der Waals surface area contributed by atoms with Crippen LogP contribution in [0.15, 0.2) is 62.6 Å². The molecule has 0 aliphatic carbocycles. The van der Waals surface area contributed by atoms with Crippen LogP contribution in [0, 0.1) is 0 Å². The number of unbranched alkanes of at least 4 members (excludes halogenated alkanes) is 4. The first kappa shape index (κ1) is 21.1. The van der Waals surface area contributed by atoms with Gasteiger partial charge in [-0.25, -0.2) is 0 Å². The van der Waals surface area contributed by atoms with Crippen molar-refractivity contribution in [1.82, 2.24) is 4.57 Å². The lowest BCUT2D eigenvalue weighted by Gasteiger charge is -2.20. The highest BCUT2D eigenvalue weighted by Gasteiger charge is 2.29. The number of aryl methyl sites for hydroxylation is 1. The van der Waals surface area contributed by atoms with E-state index in [1.54, 1.807) is 41.0 Å². The summed E-state index contributed by atoms with van der Waals surface area (Å²) in [5.41, 5.74) is 0.340. The number of nitrogens with one attached hydrogen (secondary N) is 1. The predicted molar refractivity (Wildman–Crippen MR) is 122 cm³/mol. The summed E-state index contributed by atoms with van der Waals surface area (Å²) in [5.74, 6) is -0.435. The van der Waals surface area contributed by atoms with Gasteiger partial charge >= 0.3 is 0 Å². The lowest BCUT2D eigenvalue weighted by Crippen LogP contribution is -2.32. The third-order valence-electron chi connectivity index (χ3n) is 5.50. The molecule has 0 bridgehead atoms. The van der Waals surface area contributed by atoms with Crippen molar-refractivity contribution in [3.8, 4) is 5.75 Å². The molecule has 1 aliphatic heterocycles. The third kappa shape index (κ3) is 3.95. The first-order valence-electron chi connectivity index (χ1n) is 10.5. The van der Waals surface area contributed by atoms with Crippen LogP contribution in [0.3, 0.4) is 0 Å². The SMILES string of the molecule is CCCCCCCn1c(=O)c(C2=NS(=O)(=O)c3ccccc3N2)c(O)c2ccccc21. The maximum absolute atomic E-state index is 13.4. The molecule has 0 saturated carbocycles. The number of para-hydroxylation sites is 2. The van der Waals surface area contributed by atoms with Crippen LogP contribution in [0.1, 0.15) is 44.6 Å². The molecule has 0 radical (unpaired) electrons. The van der Waals surface area contributed by atoms with Crippen molar-refractivity contribution in [2.24, 2.45) is 4.40 Å². The fourth-order valence-corrected chi connectivity index (χ4v) is 5.04. The first-order chi connectivity index (χ1) is 14.9. The minimum Gasteiger partial charge on any atom is -0.506 e. The smallest absolute Gasteiger partial charge is 0.286 e. The van der Waals surface area contributed by atoms with E-state index in [0.717, 1.165) is 32.1 Å². The standard InChI is InChI=1S/C23H25N3O4S/c1-2-3-4-5-10-15-26-18-13-8-6-11-16(18)21(27)20(23(26)28)22-24-17-12-7-9-14-19(17)31(29,30)25-22/h6-9,11-14,27H,2-5,10,15H2,1H3,(H,24,25). The summed E-state index contributed by atoms with van der Waals surface area (Å²) in [6.07, 6.45) is 5.18. The molecule has 7 nitrogen and oxygen atoms in total. The van der Waals surface area contributed by atoms with Crippen molar-refractivity contribution in [2.45, 2.75) is 50.5 Å². The van der Waals surface area contributed by atoms with Gasteiger partial charge in [-0.05, 0) is 30.7 Å². The molecule has 2 N–H and O–H groups in total. The van der Waals surface area contributed by atoms with Crippen LogP contribution in [-0.2, 0) is 16.6 Å². The largest absolute Gasteiger partial charge is 0.506 e. The average molecular weight is 440 g/mol. The lowest BCUT2D eigenvalue weighted by molar-refractivity contribution is 0.476. The van der Waals surface area contributed by atoms with E-state index >= 15 is 0 Å².